The molecule has 144 valence electrons. The number of methoxy groups -OCH3 is 1. The van der Waals surface area contributed by atoms with Crippen molar-refractivity contribution in [1.29, 1.82) is 0 Å². The van der Waals surface area contributed by atoms with Gasteiger partial charge in [0.25, 0.3) is 0 Å². The van der Waals surface area contributed by atoms with Crippen LogP contribution in [0.3, 0.4) is 0 Å². The maximum atomic E-state index is 14.2. The summed E-state index contributed by atoms with van der Waals surface area (Å²) in [6.07, 6.45) is 4.48. The number of ether oxygens (including phenoxy) is 1. The predicted molar refractivity (Wildman–Crippen MR) is 106 cm³/mol. The summed E-state index contributed by atoms with van der Waals surface area (Å²) in [4.78, 5) is 26.5. The van der Waals surface area contributed by atoms with Gasteiger partial charge in [-0.3, -0.25) is 4.98 Å². The Morgan fingerprint density at radius 2 is 2.04 bits per heavy atom. The summed E-state index contributed by atoms with van der Waals surface area (Å²) in [5, 5.41) is 3.46. The number of pyridine rings is 1. The molecule has 0 aliphatic heterocycles. The summed E-state index contributed by atoms with van der Waals surface area (Å²) in [6, 6.07) is 5.78. The number of aromatic nitrogens is 3. The number of nitrogens with zero attached hydrogens (tertiary/aromatic N) is 4. The van der Waals surface area contributed by atoms with Gasteiger partial charge in [0, 0.05) is 31.5 Å². The summed E-state index contributed by atoms with van der Waals surface area (Å²) in [7, 11) is 4.92. The first kappa shape index (κ1) is 19.5. The van der Waals surface area contributed by atoms with Crippen LogP contribution in [0.2, 0.25) is 5.02 Å². The molecule has 1 N–H and O–H groups in total. The minimum atomic E-state index is -0.544. The zero-order valence-electron chi connectivity index (χ0n) is 15.4. The molecule has 0 aliphatic carbocycles. The normalized spacial score (nSPS) is 10.5. The van der Waals surface area contributed by atoms with Gasteiger partial charge in [-0.2, -0.15) is 0 Å². The molecule has 0 radical (unpaired) electrons. The number of esters is 1. The van der Waals surface area contributed by atoms with Gasteiger partial charge in [-0.05, 0) is 24.3 Å². The lowest BCUT2D eigenvalue weighted by Gasteiger charge is -2.19. The summed E-state index contributed by atoms with van der Waals surface area (Å²) in [5.74, 6) is -0.503. The van der Waals surface area contributed by atoms with E-state index in [1.807, 2.05) is 14.1 Å². The maximum Gasteiger partial charge on any atom is 0.341 e. The second kappa shape index (κ2) is 8.18. The Morgan fingerprint density at radius 3 is 2.75 bits per heavy atom. The third-order valence-corrected chi connectivity index (χ3v) is 4.14. The summed E-state index contributed by atoms with van der Waals surface area (Å²) < 4.78 is 19.0. The highest BCUT2D eigenvalue weighted by atomic mass is 35.5. The molecule has 2 aromatic heterocycles. The SMILES string of the molecule is COC(=O)c1cnccc1Nc1nc(-c2cc(Cl)ccc2F)ncc1N(C)C. The molecule has 0 fully saturated rings. The van der Waals surface area contributed by atoms with E-state index in [1.165, 1.54) is 37.7 Å². The number of rotatable bonds is 5. The third kappa shape index (κ3) is 4.01. The van der Waals surface area contributed by atoms with Crippen LogP contribution in [-0.2, 0) is 4.74 Å². The molecule has 1 aromatic carbocycles. The van der Waals surface area contributed by atoms with E-state index in [2.05, 4.69) is 20.3 Å². The number of nitrogens with one attached hydrogen (secondary N) is 1. The van der Waals surface area contributed by atoms with Gasteiger partial charge in [0.2, 0.25) is 0 Å². The van der Waals surface area contributed by atoms with Crippen LogP contribution in [0.1, 0.15) is 10.4 Å². The number of carbonyl (C=O) groups excluding carboxylic acids is 1. The van der Waals surface area contributed by atoms with Gasteiger partial charge in [-0.25, -0.2) is 19.2 Å². The van der Waals surface area contributed by atoms with Crippen molar-refractivity contribution >= 4 is 34.8 Å². The van der Waals surface area contributed by atoms with Crippen LogP contribution in [0.5, 0.6) is 0 Å². The van der Waals surface area contributed by atoms with Crippen molar-refractivity contribution in [3.63, 3.8) is 0 Å². The molecule has 0 bridgehead atoms. The van der Waals surface area contributed by atoms with Crippen molar-refractivity contribution in [1.82, 2.24) is 15.0 Å². The van der Waals surface area contributed by atoms with Crippen molar-refractivity contribution < 1.29 is 13.9 Å². The molecule has 0 saturated heterocycles. The van der Waals surface area contributed by atoms with E-state index in [9.17, 15) is 9.18 Å². The fourth-order valence-corrected chi connectivity index (χ4v) is 2.67. The molecule has 0 atom stereocenters. The van der Waals surface area contributed by atoms with Crippen LogP contribution < -0.4 is 10.2 Å². The van der Waals surface area contributed by atoms with Crippen molar-refractivity contribution in [3.8, 4) is 11.4 Å². The molecule has 0 unspecified atom stereocenters. The predicted octanol–water partition coefficient (Wildman–Crippen LogP) is 3.93. The highest BCUT2D eigenvalue weighted by Crippen LogP contribution is 2.30. The van der Waals surface area contributed by atoms with Crippen LogP contribution in [0.25, 0.3) is 11.4 Å². The van der Waals surface area contributed by atoms with Gasteiger partial charge in [-0.15, -0.1) is 0 Å². The number of carbonyl (C=O) groups is 1. The van der Waals surface area contributed by atoms with Gasteiger partial charge in [0.15, 0.2) is 11.6 Å². The average molecular weight is 402 g/mol. The summed E-state index contributed by atoms with van der Waals surface area (Å²) in [6.45, 7) is 0. The second-order valence-corrected chi connectivity index (χ2v) is 6.42. The molecular formula is C19H17ClFN5O2. The standard InChI is InChI=1S/C19H17ClFN5O2/c1-26(2)16-10-23-17(12-8-11(20)4-5-14(12)21)25-18(16)24-15-6-7-22-9-13(15)19(27)28-3/h4-10H,1-3H3,(H,22,23,24,25). The summed E-state index contributed by atoms with van der Waals surface area (Å²) in [5.41, 5.74) is 1.49. The molecule has 0 amide bonds. The Labute approximate surface area is 166 Å². The molecule has 9 heteroatoms. The van der Waals surface area contributed by atoms with E-state index in [4.69, 9.17) is 16.3 Å². The number of anilines is 3. The van der Waals surface area contributed by atoms with Gasteiger partial charge in [0.05, 0.1) is 30.2 Å². The van der Waals surface area contributed by atoms with Crippen molar-refractivity contribution in [2.75, 3.05) is 31.4 Å². The minimum absolute atomic E-state index is 0.154. The molecule has 2 heterocycles. The lowest BCUT2D eigenvalue weighted by molar-refractivity contribution is 0.0601. The van der Waals surface area contributed by atoms with Crippen LogP contribution in [0, 0.1) is 5.82 Å². The first-order chi connectivity index (χ1) is 13.4. The van der Waals surface area contributed by atoms with Gasteiger partial charge < -0.3 is 15.0 Å². The fourth-order valence-electron chi connectivity index (χ4n) is 2.50. The molecule has 28 heavy (non-hydrogen) atoms. The van der Waals surface area contributed by atoms with Crippen LogP contribution in [0.4, 0.5) is 21.6 Å². The largest absolute Gasteiger partial charge is 0.465 e. The Hall–Kier alpha value is -3.26. The molecule has 0 saturated carbocycles. The van der Waals surface area contributed by atoms with Gasteiger partial charge in [0.1, 0.15) is 11.4 Å². The van der Waals surface area contributed by atoms with E-state index in [0.29, 0.717) is 22.2 Å². The van der Waals surface area contributed by atoms with E-state index in [-0.39, 0.29) is 17.0 Å². The van der Waals surface area contributed by atoms with Crippen LogP contribution >= 0.6 is 11.6 Å². The number of benzene rings is 1. The lowest BCUT2D eigenvalue weighted by atomic mass is 10.2. The number of halogens is 2. The quantitative estimate of drug-likeness (QED) is 0.649. The third-order valence-electron chi connectivity index (χ3n) is 3.90. The first-order valence-corrected chi connectivity index (χ1v) is 8.57. The maximum absolute atomic E-state index is 14.2. The molecule has 3 rings (SSSR count). The molecule has 0 spiro atoms. The molecular weight excluding hydrogens is 385 g/mol. The van der Waals surface area contributed by atoms with E-state index in [1.54, 1.807) is 17.2 Å². The highest BCUT2D eigenvalue weighted by Gasteiger charge is 2.17. The monoisotopic (exact) mass is 401 g/mol. The average Bonchev–Trinajstić information content (AvgIpc) is 2.69. The zero-order valence-corrected chi connectivity index (χ0v) is 16.2. The van der Waals surface area contributed by atoms with Crippen LogP contribution in [-0.4, -0.2) is 42.1 Å². The molecule has 3 aromatic rings. The Morgan fingerprint density at radius 1 is 1.25 bits per heavy atom. The minimum Gasteiger partial charge on any atom is -0.465 e. The van der Waals surface area contributed by atoms with Crippen molar-refractivity contribution in [3.05, 3.63) is 59.3 Å². The molecule has 0 aliphatic rings. The van der Waals surface area contributed by atoms with Gasteiger partial charge >= 0.3 is 5.97 Å². The van der Waals surface area contributed by atoms with E-state index >= 15 is 0 Å². The fraction of sp³-hybridized carbons (Fsp3) is 0.158. The van der Waals surface area contributed by atoms with Gasteiger partial charge in [-0.1, -0.05) is 11.6 Å². The zero-order chi connectivity index (χ0) is 20.3. The topological polar surface area (TPSA) is 80.2 Å². The number of hydrogen-bond donors (Lipinski definition) is 1. The highest BCUT2D eigenvalue weighted by molar-refractivity contribution is 6.30. The first-order valence-electron chi connectivity index (χ1n) is 8.20. The van der Waals surface area contributed by atoms with E-state index in [0.717, 1.165) is 0 Å². The van der Waals surface area contributed by atoms with Crippen molar-refractivity contribution in [2.45, 2.75) is 0 Å². The lowest BCUT2D eigenvalue weighted by Crippen LogP contribution is -2.14. The smallest absolute Gasteiger partial charge is 0.341 e. The molecule has 7 nitrogen and oxygen atoms in total. The Kier molecular flexibility index (Phi) is 5.70. The Balaban J connectivity index is 2.10. The summed E-state index contributed by atoms with van der Waals surface area (Å²) >= 11 is 5.99. The van der Waals surface area contributed by atoms with Crippen LogP contribution in [0.15, 0.2) is 42.9 Å². The Bertz CT molecular complexity index is 1030. The van der Waals surface area contributed by atoms with Crippen molar-refractivity contribution in [2.24, 2.45) is 0 Å². The second-order valence-electron chi connectivity index (χ2n) is 5.98. The number of hydrogen-bond acceptors (Lipinski definition) is 7. The van der Waals surface area contributed by atoms with E-state index < -0.39 is 11.8 Å².